The summed E-state index contributed by atoms with van der Waals surface area (Å²) in [7, 11) is -4.37. The predicted octanol–water partition coefficient (Wildman–Crippen LogP) is 5.06. The van der Waals surface area contributed by atoms with Crippen LogP contribution in [-0.2, 0) is 21.3 Å². The van der Waals surface area contributed by atoms with Crippen LogP contribution in [0.25, 0.3) is 0 Å². The Bertz CT molecular complexity index is 865. The molecule has 0 bridgehead atoms. The van der Waals surface area contributed by atoms with Crippen LogP contribution in [0.15, 0.2) is 121 Å². The van der Waals surface area contributed by atoms with E-state index in [0.29, 0.717) is 23.0 Å². The summed E-state index contributed by atoms with van der Waals surface area (Å²) in [5.74, 6) is 2.11. The summed E-state index contributed by atoms with van der Waals surface area (Å²) in [6, 6.07) is 35.7. The summed E-state index contributed by atoms with van der Waals surface area (Å²) in [4.78, 5) is 30.5. The quantitative estimate of drug-likeness (QED) is 0.222. The van der Waals surface area contributed by atoms with Gasteiger partial charge in [0.05, 0.1) is 0 Å². The second kappa shape index (κ2) is 18.4. The zero-order valence-electron chi connectivity index (χ0n) is 18.1. The molecule has 0 aliphatic carbocycles. The van der Waals surface area contributed by atoms with E-state index in [4.69, 9.17) is 22.9 Å². The number of rotatable bonds is 8. The molecule has 182 valence electrons. The van der Waals surface area contributed by atoms with Crippen LogP contribution in [-0.4, -0.2) is 6.79 Å². The fraction of sp³-hybridized carbons (Fsp3) is 0. The van der Waals surface area contributed by atoms with Crippen molar-refractivity contribution >= 4 is 24.0 Å². The van der Waals surface area contributed by atoms with Gasteiger partial charge >= 0.3 is 16.5 Å². The molecule has 4 aromatic carbocycles. The minimum absolute atomic E-state index is 0. The molecule has 2 radical (unpaired) electrons. The van der Waals surface area contributed by atoms with Crippen LogP contribution in [0.2, 0.25) is 0 Å². The van der Waals surface area contributed by atoms with Crippen LogP contribution in [0.4, 0.5) is 0 Å². The molecule has 10 heteroatoms. The van der Waals surface area contributed by atoms with Gasteiger partial charge in [-0.15, -0.1) is 0 Å². The van der Waals surface area contributed by atoms with Crippen LogP contribution in [0, 0.1) is 0 Å². The van der Waals surface area contributed by atoms with Crippen LogP contribution in [0.1, 0.15) is 0 Å². The monoisotopic (exact) mass is 552 g/mol. The van der Waals surface area contributed by atoms with Crippen molar-refractivity contribution in [2.75, 3.05) is 0 Å². The molecule has 0 spiro atoms. The zero-order valence-corrected chi connectivity index (χ0v) is 20.9. The molecule has 0 saturated heterocycles. The van der Waals surface area contributed by atoms with Crippen molar-refractivity contribution in [3.63, 3.8) is 0 Å². The molecule has 0 aliphatic rings. The molecule has 0 fully saturated rings. The minimum atomic E-state index is -2.18. The summed E-state index contributed by atoms with van der Waals surface area (Å²) >= 11 is 0. The smallest absolute Gasteiger partial charge is 0.765 e. The van der Waals surface area contributed by atoms with Crippen molar-refractivity contribution in [1.29, 1.82) is 0 Å². The van der Waals surface area contributed by atoms with Gasteiger partial charge in [0, 0.05) is 0 Å². The van der Waals surface area contributed by atoms with Gasteiger partial charge in [0.15, 0.2) is 0 Å². The van der Waals surface area contributed by atoms with Crippen molar-refractivity contribution in [2.45, 2.75) is 0 Å². The molecule has 0 saturated carbocycles. The van der Waals surface area contributed by atoms with E-state index in [1.54, 1.807) is 97.1 Å². The minimum Gasteiger partial charge on any atom is -0.765 e. The Morgan fingerprint density at radius 2 is 0.600 bits per heavy atom. The van der Waals surface area contributed by atoms with Crippen LogP contribution < -0.4 is 27.9 Å². The average molecular weight is 553 g/mol. The molecule has 4 aromatic rings. The van der Waals surface area contributed by atoms with E-state index in [1.165, 1.54) is 0 Å². The average Bonchev–Trinajstić information content (AvgIpc) is 2.88. The summed E-state index contributed by atoms with van der Waals surface area (Å²) in [6.45, 7) is 4.50. The molecule has 7 nitrogen and oxygen atoms in total. The first-order valence-corrected chi connectivity index (χ1v) is 11.9. The van der Waals surface area contributed by atoms with E-state index >= 15 is 0 Å². The number of benzene rings is 4. The zero-order chi connectivity index (χ0) is 24.4. The van der Waals surface area contributed by atoms with Crippen LogP contribution in [0.3, 0.4) is 0 Å². The Kier molecular flexibility index (Phi) is 15.8. The standard InChI is InChI=1S/2C12H10O3P.CO.Ni/c2*13-16(14-11-7-3-1-4-8-11)15-12-9-5-2-6-10-12;1-2;/h2*1-10H;;/q2*-1;;+2. The molecule has 4 rings (SSSR count). The van der Waals surface area contributed by atoms with Gasteiger partial charge in [-0.3, -0.25) is 4.79 Å². The number of para-hydroxylation sites is 4. The van der Waals surface area contributed by atoms with Gasteiger partial charge in [0.1, 0.15) is 23.0 Å². The third-order valence-electron chi connectivity index (χ3n) is 3.69. The van der Waals surface area contributed by atoms with Gasteiger partial charge in [-0.25, -0.2) is 0 Å². The molecule has 0 N–H and O–H groups in total. The fourth-order valence-corrected chi connectivity index (χ4v) is 3.56. The van der Waals surface area contributed by atoms with Gasteiger partial charge in [-0.1, -0.05) is 72.8 Å². The Labute approximate surface area is 217 Å². The maximum atomic E-state index is 11.5. The molecule has 0 aliphatic heterocycles. The number of hydrogen-bond donors (Lipinski definition) is 0. The van der Waals surface area contributed by atoms with Crippen LogP contribution in [0.5, 0.6) is 23.0 Å². The summed E-state index contributed by atoms with van der Waals surface area (Å²) in [5, 5.41) is 0. The number of hydrogen-bond acceptors (Lipinski definition) is 7. The van der Waals surface area contributed by atoms with E-state index in [2.05, 4.69) is 6.79 Å². The molecular weight excluding hydrogens is 533 g/mol. The van der Waals surface area contributed by atoms with Gasteiger partial charge in [0.25, 0.3) is 6.79 Å². The molecule has 0 heterocycles. The van der Waals surface area contributed by atoms with Crippen LogP contribution >= 0.6 is 17.2 Å². The second-order valence-electron chi connectivity index (χ2n) is 6.06. The Morgan fingerprint density at radius 1 is 0.429 bits per heavy atom. The molecule has 0 atom stereocenters. The van der Waals surface area contributed by atoms with E-state index in [1.807, 2.05) is 24.3 Å². The van der Waals surface area contributed by atoms with Crippen molar-refractivity contribution in [2.24, 2.45) is 0 Å². The number of carbonyl (C=O) groups excluding carboxylic acids is 1. The van der Waals surface area contributed by atoms with E-state index in [-0.39, 0.29) is 16.5 Å². The molecule has 0 aromatic heterocycles. The van der Waals surface area contributed by atoms with Gasteiger partial charge in [0.2, 0.25) is 17.2 Å². The first kappa shape index (κ1) is 30.1. The molecule has 0 unspecified atom stereocenters. The third kappa shape index (κ3) is 12.9. The van der Waals surface area contributed by atoms with Gasteiger partial charge < -0.3 is 27.9 Å². The Morgan fingerprint density at radius 3 is 0.771 bits per heavy atom. The van der Waals surface area contributed by atoms with Gasteiger partial charge in [-0.05, 0) is 48.5 Å². The summed E-state index contributed by atoms with van der Waals surface area (Å²) in [5.41, 5.74) is 0. The normalized spacial score (nSPS) is 9.37. The molecule has 35 heavy (non-hydrogen) atoms. The topological polar surface area (TPSA) is 100 Å². The molecular formula is C25H20NiO7P2. The maximum Gasteiger partial charge on any atom is 2.00 e. The van der Waals surface area contributed by atoms with Crippen molar-refractivity contribution in [1.82, 2.24) is 0 Å². The first-order chi connectivity index (χ1) is 16.7. The molecule has 0 amide bonds. The summed E-state index contributed by atoms with van der Waals surface area (Å²) < 4.78 is 20.4. The largest absolute Gasteiger partial charge is 2.00 e. The maximum absolute atomic E-state index is 11.5. The summed E-state index contributed by atoms with van der Waals surface area (Å²) in [6.07, 6.45) is 0. The Hall–Kier alpha value is -2.98. The van der Waals surface area contributed by atoms with Crippen molar-refractivity contribution in [3.8, 4) is 23.0 Å². The van der Waals surface area contributed by atoms with E-state index < -0.39 is 17.2 Å². The fourth-order valence-electron chi connectivity index (χ4n) is 2.31. The second-order valence-corrected chi connectivity index (χ2v) is 7.69. The predicted molar refractivity (Wildman–Crippen MR) is 128 cm³/mol. The van der Waals surface area contributed by atoms with E-state index in [9.17, 15) is 9.79 Å². The van der Waals surface area contributed by atoms with Crippen molar-refractivity contribution in [3.05, 3.63) is 121 Å². The SMILES string of the molecule is [C]=O.[Ni+2].[O-]P(Oc1ccccc1)Oc1ccccc1.[O-]P(Oc1ccccc1)Oc1ccccc1. The van der Waals surface area contributed by atoms with E-state index in [0.717, 1.165) is 0 Å². The third-order valence-corrected chi connectivity index (χ3v) is 5.13. The van der Waals surface area contributed by atoms with Gasteiger partial charge in [-0.2, -0.15) is 0 Å². The first-order valence-electron chi connectivity index (χ1n) is 9.76. The van der Waals surface area contributed by atoms with Crippen molar-refractivity contribution < 1.29 is 49.2 Å². The Balaban J connectivity index is 0.000000318.